The van der Waals surface area contributed by atoms with E-state index in [1.54, 1.807) is 26.1 Å². The number of imidazole rings is 1. The van der Waals surface area contributed by atoms with Gasteiger partial charge < -0.3 is 54.6 Å². The molecule has 2 aromatic heterocycles. The highest BCUT2D eigenvalue weighted by Gasteiger charge is 2.46. The molecule has 0 aromatic carbocycles. The lowest BCUT2D eigenvalue weighted by Gasteiger charge is -2.32. The molecule has 1 saturated carbocycles. The second-order valence-corrected chi connectivity index (χ2v) is 13.8. The first-order valence-electron chi connectivity index (χ1n) is 14.1. The lowest BCUT2D eigenvalue weighted by Crippen LogP contribution is -2.39. The number of aromatic nitrogens is 4. The number of nitrogens with two attached hydrogens (primary N) is 1. The summed E-state index contributed by atoms with van der Waals surface area (Å²) in [6.45, 7) is 1.63. The van der Waals surface area contributed by atoms with E-state index in [1.807, 2.05) is 0 Å². The highest BCUT2D eigenvalue weighted by Crippen LogP contribution is 2.56. The molecule has 5 rings (SSSR count). The Bertz CT molecular complexity index is 1630. The van der Waals surface area contributed by atoms with Crippen LogP contribution in [-0.2, 0) is 32.0 Å². The van der Waals surface area contributed by atoms with Gasteiger partial charge in [0.2, 0.25) is 7.34 Å². The van der Waals surface area contributed by atoms with Gasteiger partial charge in [0.05, 0.1) is 31.1 Å². The number of amides is 1. The number of hydrogen-bond acceptors (Lipinski definition) is 17. The third-order valence-corrected chi connectivity index (χ3v) is 10.4. The molecule has 10 atom stereocenters. The second-order valence-electron chi connectivity index (χ2n) is 10.8. The predicted molar refractivity (Wildman–Crippen MR) is 146 cm³/mol. The summed E-state index contributed by atoms with van der Waals surface area (Å²) >= 11 is 0. The van der Waals surface area contributed by atoms with Crippen molar-refractivity contribution in [2.24, 2.45) is 11.7 Å². The van der Waals surface area contributed by atoms with Crippen LogP contribution in [0.15, 0.2) is 30.4 Å². The van der Waals surface area contributed by atoms with Crippen LogP contribution in [0.3, 0.4) is 0 Å². The first-order valence-corrected chi connectivity index (χ1v) is 16.6. The highest BCUT2D eigenvalue weighted by atomic mass is 31.3. The van der Waals surface area contributed by atoms with Crippen molar-refractivity contribution in [1.29, 1.82) is 1.43 Å². The van der Waals surface area contributed by atoms with Crippen LogP contribution in [-0.4, -0.2) is 102 Å². The van der Waals surface area contributed by atoms with E-state index in [9.17, 15) is 39.0 Å². The molecular formula is C24H32N6O13P2-2. The van der Waals surface area contributed by atoms with Crippen LogP contribution < -0.4 is 15.5 Å². The van der Waals surface area contributed by atoms with E-state index in [1.165, 1.54) is 22.0 Å². The Labute approximate surface area is 257 Å². The standard InChI is InChI=1S/C24H34N6O13P2/c1-11-17-23(27-10-26-11)30(12(2)28-17)24-21(34)20(33)16(42-24)9-41-45(38,39)43-44(36,37)40-8-14-6-15(19(32)18(14)31)29-5-3-4-13(7-29)22(25)35/h3,5,7,10,14-16,18-21,24,31-34H,4,6,8-9H2,1-2H3,(H2,25,35)(H,36,37)(H,38,39)/p-2/i34T. The number of nitrogens with zero attached hydrogens (tertiary/aromatic N) is 5. The number of ether oxygens (including phenoxy) is 1. The number of carbonyl (C=O) groups excluding carboxylic acids is 1. The number of allylic oxidation sites excluding steroid dienone is 1. The number of aliphatic hydroxyl groups is 4. The minimum atomic E-state index is -5.65. The Morgan fingerprint density at radius 3 is 2.53 bits per heavy atom. The normalized spacial score (nSPS) is 33.2. The lowest BCUT2D eigenvalue weighted by molar-refractivity contribution is -0.246. The van der Waals surface area contributed by atoms with Crippen molar-refractivity contribution in [2.45, 2.75) is 69.5 Å². The summed E-state index contributed by atoms with van der Waals surface area (Å²) in [5.41, 5.74) is 6.86. The van der Waals surface area contributed by atoms with E-state index in [4.69, 9.17) is 16.4 Å². The maximum Gasteiger partial charge on any atom is 0.274 e. The third-order valence-electron chi connectivity index (χ3n) is 7.84. The van der Waals surface area contributed by atoms with Crippen molar-refractivity contribution >= 4 is 32.7 Å². The molecule has 45 heavy (non-hydrogen) atoms. The molecule has 21 heteroatoms. The largest absolute Gasteiger partial charge is 0.756 e. The molecule has 1 saturated heterocycles. The average Bonchev–Trinajstić information content (AvgIpc) is 3.60. The number of rotatable bonds is 12. The molecule has 1 amide bonds. The first-order chi connectivity index (χ1) is 21.6. The molecule has 248 valence electrons. The third kappa shape index (κ3) is 7.05. The second kappa shape index (κ2) is 12.9. The maximum atomic E-state index is 12.4. The van der Waals surface area contributed by atoms with Crippen LogP contribution in [0.1, 0.15) is 30.6 Å². The maximum absolute atomic E-state index is 12.4. The number of aryl methyl sites for hydroxylation is 2. The summed E-state index contributed by atoms with van der Waals surface area (Å²) in [5, 5.41) is 36.4. The summed E-state index contributed by atoms with van der Waals surface area (Å²) in [6.07, 6.45) is -2.26. The monoisotopic (exact) mass is 676 g/mol. The molecule has 1 aliphatic carbocycles. The zero-order valence-corrected chi connectivity index (χ0v) is 25.7. The molecule has 10 unspecified atom stereocenters. The number of phosphoric acid groups is 2. The Morgan fingerprint density at radius 2 is 1.84 bits per heavy atom. The van der Waals surface area contributed by atoms with Crippen LogP contribution in [0, 0.1) is 19.8 Å². The minimum absolute atomic E-state index is 0.00462. The Balaban J connectivity index is 1.18. The quantitative estimate of drug-likeness (QED) is 0.148. The van der Waals surface area contributed by atoms with Crippen molar-refractivity contribution < 1.29 is 62.2 Å². The van der Waals surface area contributed by atoms with E-state index < -0.39 is 83.5 Å². The lowest BCUT2D eigenvalue weighted by atomic mass is 10.1. The zero-order valence-electron chi connectivity index (χ0n) is 24.9. The summed E-state index contributed by atoms with van der Waals surface area (Å²) in [6, 6.07) is -0.769. The fourth-order valence-corrected chi connectivity index (χ4v) is 7.59. The van der Waals surface area contributed by atoms with Gasteiger partial charge in [-0.15, -0.1) is 0 Å². The number of primary amides is 1. The molecule has 0 bridgehead atoms. The molecule has 2 aromatic rings. The molecule has 3 aliphatic rings. The fourth-order valence-electron chi connectivity index (χ4n) is 5.53. The first kappa shape index (κ1) is 32.3. The van der Waals surface area contributed by atoms with Gasteiger partial charge in [0.1, 0.15) is 42.1 Å². The average molecular weight is 677 g/mol. The van der Waals surface area contributed by atoms with Crippen LogP contribution in [0.4, 0.5) is 0 Å². The molecule has 0 radical (unpaired) electrons. The van der Waals surface area contributed by atoms with Gasteiger partial charge in [-0.1, -0.05) is 6.08 Å². The minimum Gasteiger partial charge on any atom is -0.756 e. The molecule has 2 aliphatic heterocycles. The topological polar surface area (TPSA) is 288 Å². The molecule has 0 spiro atoms. The van der Waals surface area contributed by atoms with Gasteiger partial charge in [-0.25, -0.2) is 19.3 Å². The van der Waals surface area contributed by atoms with Crippen LogP contribution in [0.25, 0.3) is 11.2 Å². The van der Waals surface area contributed by atoms with Gasteiger partial charge in [0.25, 0.3) is 15.6 Å². The van der Waals surface area contributed by atoms with Crippen molar-refractivity contribution in [2.75, 3.05) is 13.2 Å². The van der Waals surface area contributed by atoms with Crippen molar-refractivity contribution in [1.82, 2.24) is 24.4 Å². The van der Waals surface area contributed by atoms with Gasteiger partial charge in [0.15, 0.2) is 11.9 Å². The van der Waals surface area contributed by atoms with Gasteiger partial charge in [-0.05, 0) is 26.7 Å². The number of fused-ring (bicyclic) bond motifs is 1. The van der Waals surface area contributed by atoms with E-state index in [0.717, 1.165) is 0 Å². The van der Waals surface area contributed by atoms with E-state index >= 15 is 0 Å². The number of hydrogen-bond donors (Lipinski definition) is 5. The Hall–Kier alpha value is -2.64. The molecule has 2 fully saturated rings. The fraction of sp³-hybridized carbons (Fsp3) is 0.583. The number of carbonyl (C=O) groups is 1. The Kier molecular flexibility index (Phi) is 9.24. The summed E-state index contributed by atoms with van der Waals surface area (Å²) < 4.78 is 53.0. The van der Waals surface area contributed by atoms with E-state index in [-0.39, 0.29) is 18.4 Å². The van der Waals surface area contributed by atoms with Crippen LogP contribution >= 0.6 is 15.6 Å². The summed E-state index contributed by atoms with van der Waals surface area (Å²) in [4.78, 5) is 50.5. The van der Waals surface area contributed by atoms with Crippen molar-refractivity contribution in [3.8, 4) is 0 Å². The highest BCUT2D eigenvalue weighted by molar-refractivity contribution is 7.59. The van der Waals surface area contributed by atoms with Gasteiger partial charge >= 0.3 is 0 Å². The summed E-state index contributed by atoms with van der Waals surface area (Å²) in [5.74, 6) is -1.27. The van der Waals surface area contributed by atoms with E-state index in [2.05, 4.69) is 28.9 Å². The molecule has 19 nitrogen and oxygen atoms in total. The van der Waals surface area contributed by atoms with Gasteiger partial charge in [-0.3, -0.25) is 18.5 Å². The SMILES string of the molecule is [3H]OC1C(O)C(COP(=O)([O-])OP(=O)([O-])OCC2CC(N3C=CCC(C(N)=O)=C3)C(O)C2O)OC1n1c(C)nc2c(C)ncnc21. The molecular weight excluding hydrogens is 642 g/mol. The zero-order chi connectivity index (χ0) is 33.6. The van der Waals surface area contributed by atoms with Crippen LogP contribution in [0.5, 0.6) is 0 Å². The van der Waals surface area contributed by atoms with Crippen molar-refractivity contribution in [3.63, 3.8) is 0 Å². The van der Waals surface area contributed by atoms with Gasteiger partial charge in [-0.2, -0.15) is 0 Å². The van der Waals surface area contributed by atoms with Crippen LogP contribution in [0.2, 0.25) is 0 Å². The summed E-state index contributed by atoms with van der Waals surface area (Å²) in [7, 11) is -11.2. The van der Waals surface area contributed by atoms with Crippen molar-refractivity contribution in [3.05, 3.63) is 41.9 Å². The smallest absolute Gasteiger partial charge is 0.274 e. The predicted octanol–water partition coefficient (Wildman–Crippen LogP) is -2.25. The van der Waals surface area contributed by atoms with Gasteiger partial charge in [0, 0.05) is 23.9 Å². The van der Waals surface area contributed by atoms with E-state index in [0.29, 0.717) is 22.7 Å². The number of aliphatic hydroxyl groups excluding tert-OH is 4. The molecule has 6 N–H and O–H groups in total. The molecule has 4 heterocycles. The Morgan fingerprint density at radius 1 is 1.13 bits per heavy atom. The number of phosphoric ester groups is 2.